The van der Waals surface area contributed by atoms with E-state index in [9.17, 15) is 0 Å². The number of nitrogens with zero attached hydrogens (tertiary/aromatic N) is 5. The van der Waals surface area contributed by atoms with Crippen molar-refractivity contribution < 1.29 is 9.47 Å². The standard InChI is InChI=1S/C21H22N6O2/c1-26-20(23-19-11-18(28-3)16-12-22-27(2)21(16)24-19)10-17(25-26)13-5-4-6-15(9-13)29-14-7-8-14/h4-6,9-12,14H,7-8H2,1-3H3,(H,23,24). The summed E-state index contributed by atoms with van der Waals surface area (Å²) in [5.74, 6) is 3.10. The summed E-state index contributed by atoms with van der Waals surface area (Å²) in [5, 5.41) is 13.1. The topological polar surface area (TPSA) is 79.0 Å². The minimum Gasteiger partial charge on any atom is -0.496 e. The molecule has 0 bridgehead atoms. The van der Waals surface area contributed by atoms with Crippen LogP contribution < -0.4 is 14.8 Å². The molecule has 8 nitrogen and oxygen atoms in total. The van der Waals surface area contributed by atoms with Gasteiger partial charge in [0, 0.05) is 31.8 Å². The predicted molar refractivity (Wildman–Crippen MR) is 111 cm³/mol. The first-order valence-electron chi connectivity index (χ1n) is 9.55. The average Bonchev–Trinajstić information content (AvgIpc) is 3.36. The van der Waals surface area contributed by atoms with E-state index in [1.54, 1.807) is 22.7 Å². The van der Waals surface area contributed by atoms with Gasteiger partial charge in [-0.05, 0) is 25.0 Å². The highest BCUT2D eigenvalue weighted by Crippen LogP contribution is 2.32. The van der Waals surface area contributed by atoms with Crippen LogP contribution in [0.2, 0.25) is 0 Å². The molecule has 0 aliphatic heterocycles. The van der Waals surface area contributed by atoms with Crippen LogP contribution in [0.4, 0.5) is 11.6 Å². The van der Waals surface area contributed by atoms with Crippen molar-refractivity contribution in [3.05, 3.63) is 42.6 Å². The third-order valence-corrected chi connectivity index (χ3v) is 4.98. The molecule has 1 aliphatic carbocycles. The summed E-state index contributed by atoms with van der Waals surface area (Å²) in [6.45, 7) is 0. The Labute approximate surface area is 168 Å². The van der Waals surface area contributed by atoms with E-state index in [1.807, 2.05) is 50.5 Å². The molecular weight excluding hydrogens is 368 g/mol. The molecule has 1 saturated carbocycles. The van der Waals surface area contributed by atoms with E-state index in [4.69, 9.17) is 9.47 Å². The van der Waals surface area contributed by atoms with Crippen molar-refractivity contribution >= 4 is 22.7 Å². The van der Waals surface area contributed by atoms with Crippen molar-refractivity contribution in [3.8, 4) is 22.8 Å². The molecule has 0 saturated heterocycles. The molecule has 3 heterocycles. The Kier molecular flexibility index (Phi) is 4.12. The Morgan fingerprint density at radius 3 is 2.76 bits per heavy atom. The quantitative estimate of drug-likeness (QED) is 0.541. The van der Waals surface area contributed by atoms with Crippen LogP contribution in [0.3, 0.4) is 0 Å². The van der Waals surface area contributed by atoms with Crippen LogP contribution in [-0.2, 0) is 14.1 Å². The lowest BCUT2D eigenvalue weighted by atomic mass is 10.1. The predicted octanol–water partition coefficient (Wildman–Crippen LogP) is 3.66. The number of rotatable bonds is 6. The van der Waals surface area contributed by atoms with Crippen molar-refractivity contribution in [1.82, 2.24) is 24.5 Å². The van der Waals surface area contributed by atoms with E-state index >= 15 is 0 Å². The van der Waals surface area contributed by atoms with Gasteiger partial charge in [0.2, 0.25) is 0 Å². The third-order valence-electron chi connectivity index (χ3n) is 4.98. The summed E-state index contributed by atoms with van der Waals surface area (Å²) in [5.41, 5.74) is 2.63. The van der Waals surface area contributed by atoms with Crippen LogP contribution in [0.25, 0.3) is 22.3 Å². The fourth-order valence-corrected chi connectivity index (χ4v) is 3.28. The smallest absolute Gasteiger partial charge is 0.163 e. The maximum absolute atomic E-state index is 5.91. The second-order valence-corrected chi connectivity index (χ2v) is 7.22. The molecule has 1 N–H and O–H groups in total. The summed E-state index contributed by atoms with van der Waals surface area (Å²) in [6, 6.07) is 11.9. The molecule has 0 radical (unpaired) electrons. The van der Waals surface area contributed by atoms with Crippen molar-refractivity contribution in [2.24, 2.45) is 14.1 Å². The zero-order valence-electron chi connectivity index (χ0n) is 16.6. The summed E-state index contributed by atoms with van der Waals surface area (Å²) in [4.78, 5) is 4.66. The van der Waals surface area contributed by atoms with E-state index in [0.717, 1.165) is 52.4 Å². The minimum atomic E-state index is 0.370. The van der Waals surface area contributed by atoms with E-state index in [-0.39, 0.29) is 0 Å². The molecule has 0 spiro atoms. The van der Waals surface area contributed by atoms with Crippen molar-refractivity contribution in [3.63, 3.8) is 0 Å². The van der Waals surface area contributed by atoms with Gasteiger partial charge in [0.15, 0.2) is 5.65 Å². The fraction of sp³-hybridized carbons (Fsp3) is 0.286. The molecule has 0 atom stereocenters. The number of pyridine rings is 1. The lowest BCUT2D eigenvalue weighted by Crippen LogP contribution is -2.02. The Morgan fingerprint density at radius 2 is 1.97 bits per heavy atom. The number of aromatic nitrogens is 5. The SMILES string of the molecule is COc1cc(Nc2cc(-c3cccc(OC4CC4)c3)nn2C)nc2c1cnn2C. The lowest BCUT2D eigenvalue weighted by Gasteiger charge is -2.08. The van der Waals surface area contributed by atoms with Crippen LogP contribution >= 0.6 is 0 Å². The first kappa shape index (κ1) is 17.5. The summed E-state index contributed by atoms with van der Waals surface area (Å²) in [7, 11) is 5.40. The number of benzene rings is 1. The summed E-state index contributed by atoms with van der Waals surface area (Å²) in [6.07, 6.45) is 4.40. The van der Waals surface area contributed by atoms with Crippen LogP contribution in [0.15, 0.2) is 42.6 Å². The summed E-state index contributed by atoms with van der Waals surface area (Å²) < 4.78 is 14.9. The van der Waals surface area contributed by atoms with Gasteiger partial charge in [0.1, 0.15) is 23.1 Å². The molecule has 4 aromatic rings. The molecule has 5 rings (SSSR count). The fourth-order valence-electron chi connectivity index (χ4n) is 3.28. The van der Waals surface area contributed by atoms with Crippen molar-refractivity contribution in [1.29, 1.82) is 0 Å². The number of aryl methyl sites for hydroxylation is 2. The van der Waals surface area contributed by atoms with Gasteiger partial charge in [-0.15, -0.1) is 0 Å². The Balaban J connectivity index is 1.45. The highest BCUT2D eigenvalue weighted by atomic mass is 16.5. The molecule has 1 fully saturated rings. The molecule has 1 aliphatic rings. The number of hydrogen-bond acceptors (Lipinski definition) is 6. The first-order valence-corrected chi connectivity index (χ1v) is 9.55. The van der Waals surface area contributed by atoms with Gasteiger partial charge in [-0.3, -0.25) is 9.36 Å². The zero-order chi connectivity index (χ0) is 20.0. The molecule has 0 amide bonds. The Hall–Kier alpha value is -3.55. The lowest BCUT2D eigenvalue weighted by molar-refractivity contribution is 0.303. The van der Waals surface area contributed by atoms with Crippen molar-refractivity contribution in [2.45, 2.75) is 18.9 Å². The highest BCUT2D eigenvalue weighted by Gasteiger charge is 2.23. The second-order valence-electron chi connectivity index (χ2n) is 7.22. The number of methoxy groups -OCH3 is 1. The van der Waals surface area contributed by atoms with Gasteiger partial charge in [-0.2, -0.15) is 10.2 Å². The second kappa shape index (κ2) is 6.80. The largest absolute Gasteiger partial charge is 0.496 e. The normalized spacial score (nSPS) is 13.6. The van der Waals surface area contributed by atoms with E-state index in [1.165, 1.54) is 0 Å². The number of anilines is 2. The van der Waals surface area contributed by atoms with E-state index < -0.39 is 0 Å². The Bertz CT molecular complexity index is 1190. The van der Waals surface area contributed by atoms with Crippen LogP contribution in [0, 0.1) is 0 Å². The zero-order valence-corrected chi connectivity index (χ0v) is 16.6. The van der Waals surface area contributed by atoms with Gasteiger partial charge >= 0.3 is 0 Å². The number of fused-ring (bicyclic) bond motifs is 1. The first-order chi connectivity index (χ1) is 14.1. The molecular formula is C21H22N6O2. The number of hydrogen-bond donors (Lipinski definition) is 1. The van der Waals surface area contributed by atoms with Gasteiger partial charge in [-0.25, -0.2) is 4.98 Å². The average molecular weight is 390 g/mol. The molecule has 0 unspecified atom stereocenters. The maximum Gasteiger partial charge on any atom is 0.163 e. The highest BCUT2D eigenvalue weighted by molar-refractivity contribution is 5.84. The molecule has 29 heavy (non-hydrogen) atoms. The van der Waals surface area contributed by atoms with Gasteiger partial charge in [0.25, 0.3) is 0 Å². The van der Waals surface area contributed by atoms with Crippen molar-refractivity contribution in [2.75, 3.05) is 12.4 Å². The van der Waals surface area contributed by atoms with Gasteiger partial charge in [0.05, 0.1) is 30.5 Å². The van der Waals surface area contributed by atoms with Gasteiger partial charge < -0.3 is 14.8 Å². The minimum absolute atomic E-state index is 0.370. The van der Waals surface area contributed by atoms with E-state index in [2.05, 4.69) is 20.5 Å². The van der Waals surface area contributed by atoms with Crippen LogP contribution in [-0.4, -0.2) is 37.8 Å². The molecule has 8 heteroatoms. The van der Waals surface area contributed by atoms with Crippen LogP contribution in [0.5, 0.6) is 11.5 Å². The number of nitrogens with one attached hydrogen (secondary N) is 1. The molecule has 3 aromatic heterocycles. The van der Waals surface area contributed by atoms with Crippen LogP contribution in [0.1, 0.15) is 12.8 Å². The third kappa shape index (κ3) is 3.37. The number of ether oxygens (including phenoxy) is 2. The monoisotopic (exact) mass is 390 g/mol. The summed E-state index contributed by atoms with van der Waals surface area (Å²) >= 11 is 0. The van der Waals surface area contributed by atoms with E-state index in [0.29, 0.717) is 11.9 Å². The molecule has 1 aromatic carbocycles. The van der Waals surface area contributed by atoms with Gasteiger partial charge in [-0.1, -0.05) is 12.1 Å². The molecule has 148 valence electrons. The maximum atomic E-state index is 5.91. The Morgan fingerprint density at radius 1 is 1.10 bits per heavy atom.